The van der Waals surface area contributed by atoms with Gasteiger partial charge in [-0.05, 0) is 23.8 Å². The van der Waals surface area contributed by atoms with Crippen molar-refractivity contribution in [3.8, 4) is 5.75 Å². The molecule has 0 amide bonds. The second-order valence-electron chi connectivity index (χ2n) is 5.16. The van der Waals surface area contributed by atoms with Crippen molar-refractivity contribution in [2.24, 2.45) is 5.73 Å². The van der Waals surface area contributed by atoms with Crippen LogP contribution in [-0.2, 0) is 9.84 Å². The average molecular weight is 318 g/mol. The molecule has 2 aromatic rings. The lowest BCUT2D eigenvalue weighted by Gasteiger charge is -2.28. The van der Waals surface area contributed by atoms with Crippen molar-refractivity contribution in [1.29, 1.82) is 0 Å². The largest absolute Gasteiger partial charge is 0.482 e. The Morgan fingerprint density at radius 2 is 1.95 bits per heavy atom. The lowest BCUT2D eigenvalue weighted by Crippen LogP contribution is -2.24. The molecule has 0 saturated heterocycles. The second-order valence-corrected chi connectivity index (χ2v) is 7.27. The third-order valence-electron chi connectivity index (χ3n) is 3.62. The molecule has 1 heterocycles. The maximum atomic E-state index is 12.1. The van der Waals surface area contributed by atoms with Gasteiger partial charge in [-0.25, -0.2) is 8.42 Å². The molecule has 0 aliphatic carbocycles. The van der Waals surface area contributed by atoms with Gasteiger partial charge in [0.1, 0.15) is 11.9 Å². The van der Waals surface area contributed by atoms with Crippen LogP contribution in [0.5, 0.6) is 5.75 Å². The topological polar surface area (TPSA) is 81.4 Å². The van der Waals surface area contributed by atoms with E-state index in [1.807, 2.05) is 30.3 Å². The summed E-state index contributed by atoms with van der Waals surface area (Å²) in [6, 6.07) is 14.8. The molecule has 0 aromatic heterocycles. The summed E-state index contributed by atoms with van der Waals surface area (Å²) in [7, 11) is -3.33. The summed E-state index contributed by atoms with van der Waals surface area (Å²) in [6.45, 7) is 0.705. The van der Waals surface area contributed by atoms with Crippen LogP contribution in [0.2, 0.25) is 0 Å². The van der Waals surface area contributed by atoms with Crippen molar-refractivity contribution in [1.82, 2.24) is 0 Å². The molecule has 3 N–H and O–H groups in total. The minimum atomic E-state index is -3.33. The first kappa shape index (κ1) is 14.9. The summed E-state index contributed by atoms with van der Waals surface area (Å²) in [6.07, 6.45) is -0.0831. The molecule has 3 rings (SSSR count). The summed E-state index contributed by atoms with van der Waals surface area (Å²) < 4.78 is 30.1. The quantitative estimate of drug-likeness (QED) is 0.900. The molecule has 116 valence electrons. The van der Waals surface area contributed by atoms with Crippen LogP contribution in [0, 0.1) is 0 Å². The van der Waals surface area contributed by atoms with Crippen molar-refractivity contribution >= 4 is 15.5 Å². The van der Waals surface area contributed by atoms with Crippen LogP contribution in [0.4, 0.5) is 5.69 Å². The van der Waals surface area contributed by atoms with Crippen LogP contribution in [-0.4, -0.2) is 27.3 Å². The Morgan fingerprint density at radius 3 is 2.68 bits per heavy atom. The van der Waals surface area contributed by atoms with Gasteiger partial charge >= 0.3 is 0 Å². The minimum absolute atomic E-state index is 0.0563. The number of fused-ring (bicyclic) bond motifs is 1. The monoisotopic (exact) mass is 318 g/mol. The molecule has 2 aromatic carbocycles. The van der Waals surface area contributed by atoms with Gasteiger partial charge in [0.05, 0.1) is 22.9 Å². The van der Waals surface area contributed by atoms with Crippen LogP contribution >= 0.6 is 0 Å². The molecular formula is C16H18N2O3S. The molecule has 1 unspecified atom stereocenters. The van der Waals surface area contributed by atoms with Crippen molar-refractivity contribution in [2.75, 3.05) is 24.2 Å². The van der Waals surface area contributed by atoms with E-state index in [0.29, 0.717) is 18.0 Å². The second kappa shape index (κ2) is 5.98. The highest BCUT2D eigenvalue weighted by atomic mass is 32.2. The van der Waals surface area contributed by atoms with Gasteiger partial charge in [-0.1, -0.05) is 30.3 Å². The molecule has 0 fully saturated rings. The fraction of sp³-hybridized carbons (Fsp3) is 0.250. The summed E-state index contributed by atoms with van der Waals surface area (Å²) in [5.74, 6) is 0.603. The summed E-state index contributed by atoms with van der Waals surface area (Å²) in [5.41, 5.74) is 7.14. The number of ether oxygens (including phenoxy) is 1. The van der Waals surface area contributed by atoms with E-state index in [4.69, 9.17) is 10.5 Å². The number of nitrogens with two attached hydrogens (primary N) is 1. The number of anilines is 1. The van der Waals surface area contributed by atoms with E-state index in [-0.39, 0.29) is 23.3 Å². The van der Waals surface area contributed by atoms with Gasteiger partial charge in [0.15, 0.2) is 9.84 Å². The van der Waals surface area contributed by atoms with Crippen molar-refractivity contribution < 1.29 is 13.2 Å². The predicted molar refractivity (Wildman–Crippen MR) is 85.8 cm³/mol. The minimum Gasteiger partial charge on any atom is -0.482 e. The summed E-state index contributed by atoms with van der Waals surface area (Å²) in [4.78, 5) is 0.269. The highest BCUT2D eigenvalue weighted by Gasteiger charge is 2.23. The first-order valence-electron chi connectivity index (χ1n) is 7.12. The molecule has 0 radical (unpaired) electrons. The van der Waals surface area contributed by atoms with Crippen molar-refractivity contribution in [3.63, 3.8) is 0 Å². The van der Waals surface area contributed by atoms with Crippen LogP contribution < -0.4 is 15.8 Å². The number of hydrogen-bond donors (Lipinski definition) is 2. The molecule has 0 saturated carbocycles. The lowest BCUT2D eigenvalue weighted by atomic mass is 10.1. The number of benzene rings is 2. The molecule has 1 aliphatic rings. The molecule has 1 aliphatic heterocycles. The maximum absolute atomic E-state index is 12.1. The van der Waals surface area contributed by atoms with Gasteiger partial charge in [-0.2, -0.15) is 0 Å². The smallest absolute Gasteiger partial charge is 0.179 e. The standard InChI is InChI=1S/C16H18N2O3S/c17-8-9-22(19,20)13-6-7-15-14(10-13)18-11-16(21-15)12-4-2-1-3-5-12/h1-7,10,16,18H,8-9,11,17H2. The Morgan fingerprint density at radius 1 is 1.18 bits per heavy atom. The fourth-order valence-electron chi connectivity index (χ4n) is 2.47. The SMILES string of the molecule is NCCS(=O)(=O)c1ccc2c(c1)NCC(c1ccccc1)O2. The zero-order chi connectivity index (χ0) is 15.6. The van der Waals surface area contributed by atoms with Gasteiger partial charge in [-0.3, -0.25) is 0 Å². The third kappa shape index (κ3) is 2.93. The van der Waals surface area contributed by atoms with Crippen molar-refractivity contribution in [2.45, 2.75) is 11.0 Å². The molecule has 0 bridgehead atoms. The van der Waals surface area contributed by atoms with Gasteiger partial charge in [-0.15, -0.1) is 0 Å². The predicted octanol–water partition coefficient (Wildman–Crippen LogP) is 1.96. The molecule has 6 heteroatoms. The Balaban J connectivity index is 1.86. The van der Waals surface area contributed by atoms with Gasteiger partial charge in [0.2, 0.25) is 0 Å². The number of sulfone groups is 1. The van der Waals surface area contributed by atoms with Gasteiger partial charge in [0.25, 0.3) is 0 Å². The molecule has 0 spiro atoms. The molecule has 22 heavy (non-hydrogen) atoms. The van der Waals surface area contributed by atoms with E-state index < -0.39 is 9.84 Å². The number of hydrogen-bond acceptors (Lipinski definition) is 5. The van der Waals surface area contributed by atoms with Gasteiger partial charge < -0.3 is 15.8 Å². The highest BCUT2D eigenvalue weighted by Crippen LogP contribution is 2.35. The highest BCUT2D eigenvalue weighted by molar-refractivity contribution is 7.91. The molecule has 1 atom stereocenters. The Labute approximate surface area is 130 Å². The summed E-state index contributed by atoms with van der Waals surface area (Å²) in [5, 5.41) is 3.25. The Hall–Kier alpha value is -2.05. The zero-order valence-electron chi connectivity index (χ0n) is 12.0. The Bertz CT molecular complexity index is 760. The average Bonchev–Trinajstić information content (AvgIpc) is 2.54. The summed E-state index contributed by atoms with van der Waals surface area (Å²) >= 11 is 0. The number of rotatable bonds is 4. The number of nitrogens with one attached hydrogen (secondary N) is 1. The van der Waals surface area contributed by atoms with Crippen LogP contribution in [0.15, 0.2) is 53.4 Å². The van der Waals surface area contributed by atoms with Crippen molar-refractivity contribution in [3.05, 3.63) is 54.1 Å². The Kier molecular flexibility index (Phi) is 4.04. The zero-order valence-corrected chi connectivity index (χ0v) is 12.8. The third-order valence-corrected chi connectivity index (χ3v) is 5.36. The molecular weight excluding hydrogens is 300 g/mol. The first-order valence-corrected chi connectivity index (χ1v) is 8.78. The van der Waals surface area contributed by atoms with Gasteiger partial charge in [0, 0.05) is 6.54 Å². The van der Waals surface area contributed by atoms with E-state index in [1.165, 1.54) is 0 Å². The van der Waals surface area contributed by atoms with Crippen LogP contribution in [0.3, 0.4) is 0 Å². The fourth-order valence-corrected chi connectivity index (χ4v) is 3.59. The molecule has 5 nitrogen and oxygen atoms in total. The maximum Gasteiger partial charge on any atom is 0.179 e. The lowest BCUT2D eigenvalue weighted by molar-refractivity contribution is 0.210. The normalized spacial score (nSPS) is 17.2. The van der Waals surface area contributed by atoms with Crippen LogP contribution in [0.25, 0.3) is 0 Å². The first-order chi connectivity index (χ1) is 10.6. The van der Waals surface area contributed by atoms with E-state index in [2.05, 4.69) is 5.32 Å². The van der Waals surface area contributed by atoms with Crippen LogP contribution in [0.1, 0.15) is 11.7 Å². The van der Waals surface area contributed by atoms with E-state index in [1.54, 1.807) is 18.2 Å². The van der Waals surface area contributed by atoms with E-state index >= 15 is 0 Å². The van der Waals surface area contributed by atoms with E-state index in [0.717, 1.165) is 5.56 Å². The van der Waals surface area contributed by atoms with E-state index in [9.17, 15) is 8.42 Å².